The summed E-state index contributed by atoms with van der Waals surface area (Å²) < 4.78 is 28.9. The number of aromatic nitrogens is 3. The molecule has 0 saturated heterocycles. The molecule has 8 nitrogen and oxygen atoms in total. The lowest BCUT2D eigenvalue weighted by Crippen LogP contribution is -2.17. The third-order valence-electron chi connectivity index (χ3n) is 4.79. The van der Waals surface area contributed by atoms with E-state index in [1.807, 2.05) is 0 Å². The Morgan fingerprint density at radius 3 is 2.45 bits per heavy atom. The summed E-state index contributed by atoms with van der Waals surface area (Å²) >= 11 is 0. The number of pyridine rings is 1. The Morgan fingerprint density at radius 1 is 1.12 bits per heavy atom. The van der Waals surface area contributed by atoms with E-state index in [0.29, 0.717) is 39.8 Å². The second kappa shape index (κ2) is 10.0. The molecular weight excluding hydrogens is 426 g/mol. The Hall–Kier alpha value is -4.08. The molecule has 33 heavy (non-hydrogen) atoms. The highest BCUT2D eigenvalue weighted by Crippen LogP contribution is 2.26. The molecule has 3 aromatic rings. The number of nitrogens with two attached hydrogens (primary N) is 1. The molecule has 172 valence electrons. The molecule has 0 amide bonds. The first-order valence-corrected chi connectivity index (χ1v) is 10.2. The average Bonchev–Trinajstić information content (AvgIpc) is 2.77. The van der Waals surface area contributed by atoms with Crippen molar-refractivity contribution in [2.75, 3.05) is 17.7 Å². The number of rotatable bonds is 8. The van der Waals surface area contributed by atoms with Crippen LogP contribution in [0, 0.1) is 11.2 Å². The van der Waals surface area contributed by atoms with Crippen molar-refractivity contribution >= 4 is 17.6 Å². The molecule has 0 unspecified atom stereocenters. The minimum atomic E-state index is -1.52. The minimum absolute atomic E-state index is 0.107. The van der Waals surface area contributed by atoms with Gasteiger partial charge >= 0.3 is 0 Å². The van der Waals surface area contributed by atoms with E-state index in [1.165, 1.54) is 44.7 Å². The van der Waals surface area contributed by atoms with Crippen molar-refractivity contribution in [3.8, 4) is 11.1 Å². The Labute approximate surface area is 190 Å². The summed E-state index contributed by atoms with van der Waals surface area (Å²) in [5.41, 5.74) is 5.84. The van der Waals surface area contributed by atoms with Gasteiger partial charge < -0.3 is 21.7 Å². The van der Waals surface area contributed by atoms with Crippen molar-refractivity contribution in [1.29, 1.82) is 5.41 Å². The van der Waals surface area contributed by atoms with Gasteiger partial charge in [-0.3, -0.25) is 5.41 Å². The van der Waals surface area contributed by atoms with Gasteiger partial charge in [-0.1, -0.05) is 12.1 Å². The van der Waals surface area contributed by atoms with Gasteiger partial charge in [-0.15, -0.1) is 0 Å². The molecule has 0 aliphatic heterocycles. The molecular formula is C23H26F2N8. The van der Waals surface area contributed by atoms with E-state index >= 15 is 0 Å². The van der Waals surface area contributed by atoms with Gasteiger partial charge in [0.2, 0.25) is 5.95 Å². The van der Waals surface area contributed by atoms with Crippen LogP contribution in [0.15, 0.2) is 60.9 Å². The number of hydrogen-bond donors (Lipinski definition) is 5. The van der Waals surface area contributed by atoms with Crippen molar-refractivity contribution < 1.29 is 8.78 Å². The predicted octanol–water partition coefficient (Wildman–Crippen LogP) is 3.90. The van der Waals surface area contributed by atoms with Gasteiger partial charge in [0, 0.05) is 49.4 Å². The van der Waals surface area contributed by atoms with Crippen molar-refractivity contribution in [2.24, 2.45) is 5.73 Å². The lowest BCUT2D eigenvalue weighted by atomic mass is 10.0. The van der Waals surface area contributed by atoms with Crippen LogP contribution in [0.25, 0.3) is 11.1 Å². The molecule has 2 aromatic heterocycles. The number of halogens is 2. The first kappa shape index (κ1) is 23.6. The van der Waals surface area contributed by atoms with Crippen molar-refractivity contribution in [2.45, 2.75) is 25.9 Å². The third kappa shape index (κ3) is 6.22. The van der Waals surface area contributed by atoms with Gasteiger partial charge in [0.05, 0.1) is 0 Å². The summed E-state index contributed by atoms with van der Waals surface area (Å²) in [6, 6.07) is 7.85. The molecule has 0 saturated carbocycles. The SMILES string of the molecule is CN/C(=C\N)Nc1ncc(-c2ccc(CC(=N)Nc3cc(C(C)(C)F)ccn3)cc2F)cn1. The molecule has 2 heterocycles. The molecule has 10 heteroatoms. The maximum absolute atomic E-state index is 14.8. The van der Waals surface area contributed by atoms with Crippen LogP contribution in [0.5, 0.6) is 0 Å². The normalized spacial score (nSPS) is 11.7. The van der Waals surface area contributed by atoms with Crippen molar-refractivity contribution in [1.82, 2.24) is 20.3 Å². The second-order valence-electron chi connectivity index (χ2n) is 7.75. The third-order valence-corrected chi connectivity index (χ3v) is 4.79. The minimum Gasteiger partial charge on any atom is -0.402 e. The lowest BCUT2D eigenvalue weighted by molar-refractivity contribution is 0.221. The molecule has 0 aliphatic rings. The number of hydrogen-bond acceptors (Lipinski definition) is 7. The van der Waals surface area contributed by atoms with Crippen LogP contribution in [0.3, 0.4) is 0 Å². The van der Waals surface area contributed by atoms with Gasteiger partial charge in [-0.2, -0.15) is 0 Å². The van der Waals surface area contributed by atoms with E-state index in [4.69, 9.17) is 11.1 Å². The van der Waals surface area contributed by atoms with Crippen LogP contribution >= 0.6 is 0 Å². The molecule has 0 aliphatic carbocycles. The molecule has 3 rings (SSSR count). The quantitative estimate of drug-likeness (QED) is 0.259. The van der Waals surface area contributed by atoms with Crippen LogP contribution in [0.2, 0.25) is 0 Å². The second-order valence-corrected chi connectivity index (χ2v) is 7.75. The Morgan fingerprint density at radius 2 is 1.85 bits per heavy atom. The molecule has 1 aromatic carbocycles. The summed E-state index contributed by atoms with van der Waals surface area (Å²) in [7, 11) is 1.70. The number of amidine groups is 1. The number of nitrogens with one attached hydrogen (secondary N) is 4. The summed E-state index contributed by atoms with van der Waals surface area (Å²) in [5, 5.41) is 16.7. The van der Waals surface area contributed by atoms with E-state index < -0.39 is 11.5 Å². The fraction of sp³-hybridized carbons (Fsp3) is 0.217. The molecule has 0 fully saturated rings. The van der Waals surface area contributed by atoms with Crippen molar-refractivity contribution in [3.05, 3.63) is 77.9 Å². The zero-order valence-electron chi connectivity index (χ0n) is 18.6. The highest BCUT2D eigenvalue weighted by Gasteiger charge is 2.19. The number of anilines is 2. The van der Waals surface area contributed by atoms with Crippen LogP contribution in [0.1, 0.15) is 25.0 Å². The molecule has 0 radical (unpaired) electrons. The lowest BCUT2D eigenvalue weighted by Gasteiger charge is -2.16. The summed E-state index contributed by atoms with van der Waals surface area (Å²) in [6.45, 7) is 2.90. The van der Waals surface area contributed by atoms with E-state index in [1.54, 1.807) is 31.3 Å². The topological polar surface area (TPSA) is 125 Å². The van der Waals surface area contributed by atoms with E-state index in [9.17, 15) is 8.78 Å². The first-order valence-electron chi connectivity index (χ1n) is 10.2. The Bertz CT molecular complexity index is 1150. The molecule has 6 N–H and O–H groups in total. The van der Waals surface area contributed by atoms with Crippen LogP contribution in [-0.4, -0.2) is 27.8 Å². The highest BCUT2D eigenvalue weighted by atomic mass is 19.1. The molecule has 0 spiro atoms. The van der Waals surface area contributed by atoms with Gasteiger partial charge in [-0.05, 0) is 43.2 Å². The fourth-order valence-corrected chi connectivity index (χ4v) is 3.01. The largest absolute Gasteiger partial charge is 0.402 e. The number of benzene rings is 1. The maximum Gasteiger partial charge on any atom is 0.228 e. The van der Waals surface area contributed by atoms with Gasteiger partial charge in [0.25, 0.3) is 0 Å². The average molecular weight is 453 g/mol. The predicted molar refractivity (Wildman–Crippen MR) is 126 cm³/mol. The zero-order valence-corrected chi connectivity index (χ0v) is 18.6. The van der Waals surface area contributed by atoms with Crippen LogP contribution in [-0.2, 0) is 12.1 Å². The van der Waals surface area contributed by atoms with Gasteiger partial charge in [0.15, 0.2) is 0 Å². The van der Waals surface area contributed by atoms with Crippen LogP contribution in [0.4, 0.5) is 20.5 Å². The van der Waals surface area contributed by atoms with E-state index in [-0.39, 0.29) is 12.3 Å². The smallest absolute Gasteiger partial charge is 0.228 e. The van der Waals surface area contributed by atoms with Crippen molar-refractivity contribution in [3.63, 3.8) is 0 Å². The van der Waals surface area contributed by atoms with Gasteiger partial charge in [0.1, 0.15) is 29.0 Å². The van der Waals surface area contributed by atoms with E-state index in [0.717, 1.165) is 0 Å². The van der Waals surface area contributed by atoms with Crippen LogP contribution < -0.4 is 21.7 Å². The number of nitrogens with zero attached hydrogens (tertiary/aromatic N) is 3. The molecule has 0 bridgehead atoms. The van der Waals surface area contributed by atoms with E-state index in [2.05, 4.69) is 30.9 Å². The summed E-state index contributed by atoms with van der Waals surface area (Å²) in [5.74, 6) is 0.856. The zero-order chi connectivity index (χ0) is 24.0. The molecule has 0 atom stereocenters. The monoisotopic (exact) mass is 452 g/mol. The maximum atomic E-state index is 14.8. The fourth-order valence-electron chi connectivity index (χ4n) is 3.01. The Balaban J connectivity index is 1.68. The standard InChI is InChI=1S/C23H26F2N8/c1-23(2,25)16-6-7-29-20(10-16)32-19(27)9-14-4-5-17(18(24)8-14)15-12-30-22(31-13-15)33-21(11-26)28-3/h4-8,10-13,28H,9,26H2,1-3H3,(H2,27,29,32)(H,30,31,33)/b21-11+. The summed E-state index contributed by atoms with van der Waals surface area (Å²) in [6.07, 6.45) is 5.99. The first-order chi connectivity index (χ1) is 15.7. The Kier molecular flexibility index (Phi) is 7.17. The number of alkyl halides is 1. The summed E-state index contributed by atoms with van der Waals surface area (Å²) in [4.78, 5) is 12.5. The highest BCUT2D eigenvalue weighted by molar-refractivity contribution is 5.93. The van der Waals surface area contributed by atoms with Gasteiger partial charge in [-0.25, -0.2) is 23.7 Å².